The third-order valence-corrected chi connectivity index (χ3v) is 3.65. The van der Waals surface area contributed by atoms with Gasteiger partial charge in [0.15, 0.2) is 5.69 Å². The highest BCUT2D eigenvalue weighted by Gasteiger charge is 2.12. The minimum atomic E-state index is -0.254. The first-order valence-electron chi connectivity index (χ1n) is 7.10. The van der Waals surface area contributed by atoms with Crippen molar-refractivity contribution in [1.29, 1.82) is 0 Å². The van der Waals surface area contributed by atoms with Crippen molar-refractivity contribution < 1.29 is 9.52 Å². The average molecular weight is 327 g/mol. The van der Waals surface area contributed by atoms with Crippen molar-refractivity contribution in [3.63, 3.8) is 0 Å². The summed E-state index contributed by atoms with van der Waals surface area (Å²) in [5, 5.41) is 10.6. The van der Waals surface area contributed by atoms with Crippen molar-refractivity contribution >= 4 is 23.5 Å². The highest BCUT2D eigenvalue weighted by molar-refractivity contribution is 6.30. The number of hydrogen-bond acceptors (Lipinski definition) is 4. The number of benzene rings is 2. The monoisotopic (exact) mass is 326 g/mol. The number of aromatic hydroxyl groups is 1. The summed E-state index contributed by atoms with van der Waals surface area (Å²) in [4.78, 5) is 8.61. The molecule has 0 aliphatic rings. The van der Waals surface area contributed by atoms with Crippen molar-refractivity contribution in [2.75, 3.05) is 0 Å². The first-order chi connectivity index (χ1) is 11.0. The molecular formula is C18H15ClN2O2. The molecule has 0 radical (unpaired) electrons. The molecule has 23 heavy (non-hydrogen) atoms. The van der Waals surface area contributed by atoms with Gasteiger partial charge in [-0.3, -0.25) is 4.99 Å². The number of aliphatic imine (C=N–C) groups is 1. The molecule has 5 heteroatoms. The molecule has 1 aromatic heterocycles. The van der Waals surface area contributed by atoms with Gasteiger partial charge >= 0.3 is 5.95 Å². The summed E-state index contributed by atoms with van der Waals surface area (Å²) < 4.78 is 5.31. The largest absolute Gasteiger partial charge is 0.479 e. The van der Waals surface area contributed by atoms with E-state index in [1.54, 1.807) is 6.07 Å². The maximum atomic E-state index is 9.90. The van der Waals surface area contributed by atoms with Crippen molar-refractivity contribution in [2.24, 2.45) is 4.99 Å². The number of aromatic nitrogens is 1. The number of aryl methyl sites for hydroxylation is 2. The topological polar surface area (TPSA) is 58.6 Å². The van der Waals surface area contributed by atoms with E-state index in [0.717, 1.165) is 22.4 Å². The normalized spacial score (nSPS) is 11.3. The van der Waals surface area contributed by atoms with Crippen LogP contribution in [0.5, 0.6) is 5.95 Å². The van der Waals surface area contributed by atoms with E-state index in [1.165, 1.54) is 6.21 Å². The summed E-state index contributed by atoms with van der Waals surface area (Å²) in [7, 11) is 0. The minimum Gasteiger partial charge on any atom is -0.479 e. The lowest BCUT2D eigenvalue weighted by Crippen LogP contribution is -1.84. The van der Waals surface area contributed by atoms with Crippen LogP contribution < -0.4 is 0 Å². The molecule has 0 unspecified atom stereocenters. The molecule has 1 heterocycles. The SMILES string of the molecule is Cc1ccc(-c2nc(C=Nc3ccc(Cl)cc3C)c(O)o2)cc1. The van der Waals surface area contributed by atoms with Gasteiger partial charge in [0.1, 0.15) is 0 Å². The second kappa shape index (κ2) is 6.26. The van der Waals surface area contributed by atoms with Gasteiger partial charge in [0.25, 0.3) is 0 Å². The average Bonchev–Trinajstić information content (AvgIpc) is 2.88. The van der Waals surface area contributed by atoms with Gasteiger partial charge in [0, 0.05) is 10.6 Å². The standard InChI is InChI=1S/C18H15ClN2O2/c1-11-3-5-13(6-4-11)17-21-16(18(22)23-17)10-20-15-8-7-14(19)9-12(15)2/h3-10,22H,1-2H3. The van der Waals surface area contributed by atoms with Gasteiger partial charge in [0.05, 0.1) is 11.9 Å². The van der Waals surface area contributed by atoms with Crippen molar-refractivity contribution in [3.05, 3.63) is 64.3 Å². The van der Waals surface area contributed by atoms with Crippen LogP contribution in [0.15, 0.2) is 51.9 Å². The van der Waals surface area contributed by atoms with Crippen molar-refractivity contribution in [3.8, 4) is 17.4 Å². The van der Waals surface area contributed by atoms with E-state index >= 15 is 0 Å². The van der Waals surface area contributed by atoms with Crippen LogP contribution >= 0.6 is 11.6 Å². The zero-order valence-corrected chi connectivity index (χ0v) is 13.5. The third-order valence-electron chi connectivity index (χ3n) is 3.42. The Morgan fingerprint density at radius 3 is 2.57 bits per heavy atom. The maximum Gasteiger partial charge on any atom is 0.312 e. The predicted octanol–water partition coefficient (Wildman–Crippen LogP) is 5.07. The highest BCUT2D eigenvalue weighted by Crippen LogP contribution is 2.27. The van der Waals surface area contributed by atoms with Gasteiger partial charge in [-0.05, 0) is 49.7 Å². The van der Waals surface area contributed by atoms with Gasteiger partial charge in [-0.25, -0.2) is 4.98 Å². The molecule has 0 saturated carbocycles. The second-order valence-electron chi connectivity index (χ2n) is 5.26. The zero-order valence-electron chi connectivity index (χ0n) is 12.7. The summed E-state index contributed by atoms with van der Waals surface area (Å²) in [6, 6.07) is 13.1. The van der Waals surface area contributed by atoms with E-state index < -0.39 is 0 Å². The van der Waals surface area contributed by atoms with Gasteiger partial charge in [-0.1, -0.05) is 29.3 Å². The van der Waals surface area contributed by atoms with Gasteiger partial charge < -0.3 is 9.52 Å². The summed E-state index contributed by atoms with van der Waals surface area (Å²) in [5.41, 5.74) is 3.93. The molecule has 0 fully saturated rings. The lowest BCUT2D eigenvalue weighted by Gasteiger charge is -1.99. The van der Waals surface area contributed by atoms with E-state index in [1.807, 2.05) is 50.2 Å². The van der Waals surface area contributed by atoms with E-state index in [9.17, 15) is 5.11 Å². The number of hydrogen-bond donors (Lipinski definition) is 1. The Bertz CT molecular complexity index is 867. The Morgan fingerprint density at radius 1 is 1.13 bits per heavy atom. The van der Waals surface area contributed by atoms with Crippen molar-refractivity contribution in [2.45, 2.75) is 13.8 Å². The minimum absolute atomic E-state index is 0.254. The van der Waals surface area contributed by atoms with Crippen LogP contribution in [0, 0.1) is 13.8 Å². The molecule has 0 atom stereocenters. The van der Waals surface area contributed by atoms with Gasteiger partial charge in [-0.2, -0.15) is 0 Å². The quantitative estimate of drug-likeness (QED) is 0.684. The van der Waals surface area contributed by atoms with Crippen LogP contribution in [0.2, 0.25) is 5.02 Å². The number of oxazole rings is 1. The van der Waals surface area contributed by atoms with E-state index in [2.05, 4.69) is 9.98 Å². The molecule has 0 aliphatic carbocycles. The van der Waals surface area contributed by atoms with Crippen molar-refractivity contribution in [1.82, 2.24) is 4.98 Å². The molecule has 0 saturated heterocycles. The molecule has 116 valence electrons. The zero-order chi connectivity index (χ0) is 16.4. The highest BCUT2D eigenvalue weighted by atomic mass is 35.5. The smallest absolute Gasteiger partial charge is 0.312 e. The van der Waals surface area contributed by atoms with E-state index in [0.29, 0.717) is 10.9 Å². The first-order valence-corrected chi connectivity index (χ1v) is 7.48. The predicted molar refractivity (Wildman–Crippen MR) is 91.8 cm³/mol. The van der Waals surface area contributed by atoms with Crippen LogP contribution in [0.3, 0.4) is 0 Å². The second-order valence-corrected chi connectivity index (χ2v) is 5.70. The van der Waals surface area contributed by atoms with Crippen LogP contribution in [0.4, 0.5) is 5.69 Å². The third kappa shape index (κ3) is 3.43. The summed E-state index contributed by atoms with van der Waals surface area (Å²) in [6.07, 6.45) is 1.48. The fraction of sp³-hybridized carbons (Fsp3) is 0.111. The molecule has 3 rings (SSSR count). The maximum absolute atomic E-state index is 9.90. The summed E-state index contributed by atoms with van der Waals surface area (Å²) in [5.74, 6) is 0.104. The summed E-state index contributed by atoms with van der Waals surface area (Å²) >= 11 is 5.92. The number of nitrogens with zero attached hydrogens (tertiary/aromatic N) is 2. The molecule has 0 amide bonds. The molecule has 1 N–H and O–H groups in total. The Labute approximate surface area is 139 Å². The molecule has 3 aromatic rings. The van der Waals surface area contributed by atoms with Gasteiger partial charge in [-0.15, -0.1) is 0 Å². The molecule has 2 aromatic carbocycles. The first kappa shape index (κ1) is 15.3. The Hall–Kier alpha value is -2.59. The molecule has 0 aliphatic heterocycles. The fourth-order valence-corrected chi connectivity index (χ4v) is 2.35. The lowest BCUT2D eigenvalue weighted by atomic mass is 10.1. The Kier molecular flexibility index (Phi) is 4.17. The molecular weight excluding hydrogens is 312 g/mol. The van der Waals surface area contributed by atoms with E-state index in [-0.39, 0.29) is 11.6 Å². The Balaban J connectivity index is 1.89. The fourth-order valence-electron chi connectivity index (χ4n) is 2.12. The van der Waals surface area contributed by atoms with Crippen LogP contribution in [0.25, 0.3) is 11.5 Å². The Morgan fingerprint density at radius 2 is 1.87 bits per heavy atom. The van der Waals surface area contributed by atoms with Crippen LogP contribution in [-0.2, 0) is 0 Å². The lowest BCUT2D eigenvalue weighted by molar-refractivity contribution is 0.337. The van der Waals surface area contributed by atoms with Crippen LogP contribution in [-0.4, -0.2) is 16.3 Å². The van der Waals surface area contributed by atoms with Gasteiger partial charge in [0.2, 0.25) is 5.89 Å². The molecule has 0 bridgehead atoms. The molecule has 4 nitrogen and oxygen atoms in total. The van der Waals surface area contributed by atoms with Crippen LogP contribution in [0.1, 0.15) is 16.8 Å². The molecule has 0 spiro atoms. The number of halogens is 1. The summed E-state index contributed by atoms with van der Waals surface area (Å²) in [6.45, 7) is 3.92. The van der Waals surface area contributed by atoms with E-state index in [4.69, 9.17) is 16.0 Å². The number of rotatable bonds is 3.